The Balaban J connectivity index is 1.30. The van der Waals surface area contributed by atoms with Crippen LogP contribution in [0, 0.1) is 59.2 Å². The predicted molar refractivity (Wildman–Crippen MR) is 145 cm³/mol. The smallest absolute Gasteiger partial charge is 0.232 e. The maximum atomic E-state index is 11.9. The summed E-state index contributed by atoms with van der Waals surface area (Å²) >= 11 is 6.33. The van der Waals surface area contributed by atoms with Gasteiger partial charge in [-0.1, -0.05) is 45.7 Å². The molecule has 4 saturated carbocycles. The summed E-state index contributed by atoms with van der Waals surface area (Å²) < 4.78 is 6.00. The molecule has 4 aliphatic carbocycles. The van der Waals surface area contributed by atoms with E-state index in [1.165, 1.54) is 25.7 Å². The van der Waals surface area contributed by atoms with E-state index in [2.05, 4.69) is 32.7 Å². The van der Waals surface area contributed by atoms with Gasteiger partial charge in [0.1, 0.15) is 5.02 Å². The van der Waals surface area contributed by atoms with E-state index in [1.807, 2.05) is 19.2 Å². The molecule has 202 valence electrons. The average molecular weight is 518 g/mol. The van der Waals surface area contributed by atoms with Gasteiger partial charge in [-0.25, -0.2) is 4.98 Å². The van der Waals surface area contributed by atoms with Crippen molar-refractivity contribution in [3.8, 4) is 5.88 Å². The summed E-state index contributed by atoms with van der Waals surface area (Å²) in [5.41, 5.74) is 1.60. The van der Waals surface area contributed by atoms with Crippen molar-refractivity contribution in [1.82, 2.24) is 4.98 Å². The molecule has 1 heterocycles. The minimum absolute atomic E-state index is 0.182. The Bertz CT molecular complexity index is 940. The zero-order valence-electron chi connectivity index (χ0n) is 23.0. The number of pyridine rings is 1. The van der Waals surface area contributed by atoms with Crippen LogP contribution in [0.4, 0.5) is 0 Å². The lowest BCUT2D eigenvalue weighted by Crippen LogP contribution is -2.62. The van der Waals surface area contributed by atoms with Crippen molar-refractivity contribution < 1.29 is 14.9 Å². The van der Waals surface area contributed by atoms with E-state index in [9.17, 15) is 10.2 Å². The third-order valence-corrected chi connectivity index (χ3v) is 12.2. The summed E-state index contributed by atoms with van der Waals surface area (Å²) in [5.74, 6) is 4.17. The number of halogens is 1. The Labute approximate surface area is 223 Å². The molecule has 0 aliphatic heterocycles. The number of fused-ring (bicyclic) bond motifs is 5. The molecule has 0 aromatic carbocycles. The maximum Gasteiger partial charge on any atom is 0.232 e. The molecule has 0 unspecified atom stereocenters. The van der Waals surface area contributed by atoms with Crippen LogP contribution in [-0.4, -0.2) is 34.0 Å². The van der Waals surface area contributed by atoms with Gasteiger partial charge in [0.2, 0.25) is 5.88 Å². The average Bonchev–Trinajstić information content (AvgIpc) is 3.19. The Kier molecular flexibility index (Phi) is 7.46. The largest absolute Gasteiger partial charge is 0.477 e. The summed E-state index contributed by atoms with van der Waals surface area (Å²) in [6, 6.07) is 1.91. The molecule has 4 nitrogen and oxygen atoms in total. The molecule has 4 aliphatic rings. The molecule has 1 aromatic heterocycles. The molecular formula is C31H48ClNO3. The minimum atomic E-state index is -0.222. The summed E-state index contributed by atoms with van der Waals surface area (Å²) in [7, 11) is 0. The van der Waals surface area contributed by atoms with Crippen molar-refractivity contribution in [2.24, 2.45) is 52.3 Å². The number of hydrogen-bond donors (Lipinski definition) is 2. The lowest BCUT2D eigenvalue weighted by Gasteiger charge is -2.64. The van der Waals surface area contributed by atoms with E-state index in [0.717, 1.165) is 37.7 Å². The van der Waals surface area contributed by atoms with Crippen LogP contribution in [0.15, 0.2) is 12.3 Å². The van der Waals surface area contributed by atoms with E-state index in [4.69, 9.17) is 16.3 Å². The fraction of sp³-hybridized carbons (Fsp3) is 0.839. The van der Waals surface area contributed by atoms with Crippen molar-refractivity contribution in [3.63, 3.8) is 0 Å². The van der Waals surface area contributed by atoms with Crippen LogP contribution < -0.4 is 4.74 Å². The number of aromatic nitrogens is 1. The van der Waals surface area contributed by atoms with Crippen LogP contribution in [0.3, 0.4) is 0 Å². The lowest BCUT2D eigenvalue weighted by atomic mass is 9.41. The van der Waals surface area contributed by atoms with Gasteiger partial charge in [0.05, 0.1) is 18.8 Å². The van der Waals surface area contributed by atoms with Crippen LogP contribution >= 0.6 is 11.6 Å². The molecule has 0 amide bonds. The highest BCUT2D eigenvalue weighted by Crippen LogP contribution is 2.69. The van der Waals surface area contributed by atoms with Crippen LogP contribution in [0.2, 0.25) is 5.02 Å². The number of aliphatic hydroxyl groups excluding tert-OH is 2. The van der Waals surface area contributed by atoms with E-state index in [-0.39, 0.29) is 23.0 Å². The van der Waals surface area contributed by atoms with E-state index < -0.39 is 0 Å². The first-order valence-electron chi connectivity index (χ1n) is 14.7. The number of rotatable bonds is 6. The SMILES string of the molecule is CC[C@H]1[C@@H](O)[C@@H]2[C@H](CC[C@]3(C)[C@@H]([C@H](C)CCOc4ncc(C)cc4Cl)CC[C@@H]23)[C@@]2(C)CC[C@@H](O)C[C@@H]12. The Morgan fingerprint density at radius 2 is 1.81 bits per heavy atom. The topological polar surface area (TPSA) is 62.6 Å². The number of ether oxygens (including phenoxy) is 1. The third-order valence-electron chi connectivity index (χ3n) is 11.9. The van der Waals surface area contributed by atoms with Gasteiger partial charge in [-0.05, 0) is 122 Å². The van der Waals surface area contributed by atoms with Gasteiger partial charge in [-0.15, -0.1) is 0 Å². The van der Waals surface area contributed by atoms with Crippen LogP contribution in [0.5, 0.6) is 5.88 Å². The Morgan fingerprint density at radius 1 is 1.08 bits per heavy atom. The second kappa shape index (κ2) is 10.0. The molecule has 5 rings (SSSR count). The number of aliphatic hydroxyl groups is 2. The Morgan fingerprint density at radius 3 is 2.53 bits per heavy atom. The molecule has 0 spiro atoms. The second-order valence-corrected chi connectivity index (χ2v) is 13.9. The van der Waals surface area contributed by atoms with Gasteiger partial charge in [0, 0.05) is 6.20 Å². The highest BCUT2D eigenvalue weighted by molar-refractivity contribution is 6.31. The molecule has 0 radical (unpaired) electrons. The van der Waals surface area contributed by atoms with E-state index >= 15 is 0 Å². The van der Waals surface area contributed by atoms with Crippen LogP contribution in [0.1, 0.15) is 91.0 Å². The molecule has 11 atom stereocenters. The minimum Gasteiger partial charge on any atom is -0.477 e. The maximum absolute atomic E-state index is 11.9. The second-order valence-electron chi connectivity index (χ2n) is 13.5. The highest BCUT2D eigenvalue weighted by atomic mass is 35.5. The van der Waals surface area contributed by atoms with Gasteiger partial charge in [-0.2, -0.15) is 0 Å². The summed E-state index contributed by atoms with van der Waals surface area (Å²) in [5, 5.41) is 23.0. The number of hydrogen-bond acceptors (Lipinski definition) is 4. The van der Waals surface area contributed by atoms with Gasteiger partial charge in [0.25, 0.3) is 0 Å². The fourth-order valence-corrected chi connectivity index (χ4v) is 10.4. The normalized spacial score (nSPS) is 44.9. The molecular weight excluding hydrogens is 470 g/mol. The first kappa shape index (κ1) is 26.8. The summed E-state index contributed by atoms with van der Waals surface area (Å²) in [4.78, 5) is 4.37. The predicted octanol–water partition coefficient (Wildman–Crippen LogP) is 7.08. The van der Waals surface area contributed by atoms with Crippen molar-refractivity contribution >= 4 is 11.6 Å². The lowest BCUT2D eigenvalue weighted by molar-refractivity contribution is -0.203. The summed E-state index contributed by atoms with van der Waals surface area (Å²) in [6.07, 6.45) is 11.4. The van der Waals surface area contributed by atoms with Crippen molar-refractivity contribution in [3.05, 3.63) is 22.8 Å². The Hall–Kier alpha value is -0.840. The molecule has 36 heavy (non-hydrogen) atoms. The molecule has 0 saturated heterocycles. The molecule has 5 heteroatoms. The van der Waals surface area contributed by atoms with Gasteiger partial charge < -0.3 is 14.9 Å². The third kappa shape index (κ3) is 4.31. The first-order valence-corrected chi connectivity index (χ1v) is 15.1. The van der Waals surface area contributed by atoms with Gasteiger partial charge in [0.15, 0.2) is 0 Å². The standard InChI is InChI=1S/C31H48ClNO3/c1-6-21-25-16-20(34)9-12-31(25,5)24-10-13-30(4)22(7-8-23(30)27(24)28(21)35)19(3)11-14-36-29-26(32)15-18(2)17-33-29/h15,17,19-25,27-28,34-35H,6-14,16H2,1-5H3/t19-,20-,21-,22-,23+,24+,25+,27+,28-,30-,31-/m1/s1. The van der Waals surface area contributed by atoms with Crippen molar-refractivity contribution in [2.75, 3.05) is 6.61 Å². The molecule has 1 aromatic rings. The van der Waals surface area contributed by atoms with E-state index in [1.54, 1.807) is 0 Å². The highest BCUT2D eigenvalue weighted by Gasteiger charge is 2.64. The number of aryl methyl sites for hydroxylation is 1. The van der Waals surface area contributed by atoms with Gasteiger partial charge in [-0.3, -0.25) is 0 Å². The molecule has 2 N–H and O–H groups in total. The van der Waals surface area contributed by atoms with E-state index in [0.29, 0.717) is 58.9 Å². The quantitative estimate of drug-likeness (QED) is 0.423. The molecule has 4 fully saturated rings. The van der Waals surface area contributed by atoms with Gasteiger partial charge >= 0.3 is 0 Å². The van der Waals surface area contributed by atoms with Crippen molar-refractivity contribution in [2.45, 2.75) is 105 Å². The zero-order valence-corrected chi connectivity index (χ0v) is 23.8. The monoisotopic (exact) mass is 517 g/mol. The number of nitrogens with zero attached hydrogens (tertiary/aromatic N) is 1. The van der Waals surface area contributed by atoms with Crippen molar-refractivity contribution in [1.29, 1.82) is 0 Å². The first-order chi connectivity index (χ1) is 17.1. The molecule has 0 bridgehead atoms. The van der Waals surface area contributed by atoms with Crippen LogP contribution in [0.25, 0.3) is 0 Å². The summed E-state index contributed by atoms with van der Waals surface area (Å²) in [6.45, 7) is 12.4. The fourth-order valence-electron chi connectivity index (χ4n) is 10.1. The zero-order chi connectivity index (χ0) is 25.8. The van der Waals surface area contributed by atoms with Crippen LogP contribution in [-0.2, 0) is 0 Å².